The van der Waals surface area contributed by atoms with Crippen molar-refractivity contribution in [1.82, 2.24) is 5.32 Å². The molecule has 0 aromatic heterocycles. The number of hydrogen-bond acceptors (Lipinski definition) is 5. The van der Waals surface area contributed by atoms with Gasteiger partial charge in [0.05, 0.1) is 12.5 Å². The summed E-state index contributed by atoms with van der Waals surface area (Å²) in [5.41, 5.74) is -0.632. The van der Waals surface area contributed by atoms with Crippen molar-refractivity contribution < 1.29 is 24.2 Å². The van der Waals surface area contributed by atoms with Gasteiger partial charge in [-0.3, -0.25) is 0 Å². The van der Waals surface area contributed by atoms with E-state index in [9.17, 15) is 9.59 Å². The van der Waals surface area contributed by atoms with E-state index in [0.29, 0.717) is 0 Å². The van der Waals surface area contributed by atoms with E-state index in [1.165, 1.54) is 0 Å². The second kappa shape index (κ2) is 4.91. The van der Waals surface area contributed by atoms with E-state index >= 15 is 0 Å². The van der Waals surface area contributed by atoms with Crippen molar-refractivity contribution in [3.63, 3.8) is 0 Å². The summed E-state index contributed by atoms with van der Waals surface area (Å²) in [6.45, 7) is 6.63. The van der Waals surface area contributed by atoms with E-state index in [2.05, 4.69) is 5.32 Å². The fraction of sp³-hybridized carbons (Fsp3) is 0.818. The highest BCUT2D eigenvalue weighted by Gasteiger charge is 2.43. The summed E-state index contributed by atoms with van der Waals surface area (Å²) >= 11 is 0. The van der Waals surface area contributed by atoms with Crippen LogP contribution in [-0.2, 0) is 14.3 Å². The van der Waals surface area contributed by atoms with Crippen LogP contribution in [0.3, 0.4) is 0 Å². The zero-order valence-corrected chi connectivity index (χ0v) is 10.5. The highest BCUT2D eigenvalue weighted by Crippen LogP contribution is 2.22. The Kier molecular flexibility index (Phi) is 3.98. The lowest BCUT2D eigenvalue weighted by molar-refractivity contribution is -0.142. The van der Waals surface area contributed by atoms with Crippen LogP contribution in [0.25, 0.3) is 0 Å². The summed E-state index contributed by atoms with van der Waals surface area (Å²) in [4.78, 5) is 23.0. The molecule has 0 aromatic carbocycles. The third kappa shape index (κ3) is 3.59. The van der Waals surface area contributed by atoms with Crippen LogP contribution in [0.4, 0.5) is 4.79 Å². The van der Waals surface area contributed by atoms with Gasteiger partial charge in [-0.25, -0.2) is 9.59 Å². The SMILES string of the molecule is C[C@H]1OC(=O)[C@@H](NC(=O)OC(C)(C)C)[C@@H]1CO. The van der Waals surface area contributed by atoms with Crippen molar-refractivity contribution in [3.05, 3.63) is 0 Å². The van der Waals surface area contributed by atoms with E-state index in [1.54, 1.807) is 27.7 Å². The smallest absolute Gasteiger partial charge is 0.408 e. The molecule has 0 saturated carbocycles. The van der Waals surface area contributed by atoms with E-state index in [0.717, 1.165) is 0 Å². The Hall–Kier alpha value is -1.30. The molecule has 0 spiro atoms. The summed E-state index contributed by atoms with van der Waals surface area (Å²) in [6.07, 6.45) is -1.10. The molecule has 0 aliphatic carbocycles. The minimum Gasteiger partial charge on any atom is -0.461 e. The van der Waals surface area contributed by atoms with Gasteiger partial charge in [0, 0.05) is 0 Å². The number of esters is 1. The van der Waals surface area contributed by atoms with Crippen molar-refractivity contribution in [3.8, 4) is 0 Å². The lowest BCUT2D eigenvalue weighted by atomic mass is 9.99. The molecule has 1 fully saturated rings. The van der Waals surface area contributed by atoms with Crippen LogP contribution in [0, 0.1) is 5.92 Å². The molecule has 98 valence electrons. The number of cyclic esters (lactones) is 1. The first-order valence-corrected chi connectivity index (χ1v) is 5.55. The molecular formula is C11H19NO5. The first kappa shape index (κ1) is 13.8. The molecule has 1 heterocycles. The predicted octanol–water partition coefficient (Wildman–Crippen LogP) is 0.433. The maximum Gasteiger partial charge on any atom is 0.408 e. The highest BCUT2D eigenvalue weighted by molar-refractivity contribution is 5.83. The Bertz CT molecular complexity index is 309. The Morgan fingerprint density at radius 1 is 1.53 bits per heavy atom. The van der Waals surface area contributed by atoms with Gasteiger partial charge in [-0.2, -0.15) is 0 Å². The molecule has 1 aliphatic heterocycles. The first-order valence-electron chi connectivity index (χ1n) is 5.55. The average Bonchev–Trinajstić information content (AvgIpc) is 2.38. The summed E-state index contributed by atoms with van der Waals surface area (Å²) in [7, 11) is 0. The molecule has 0 unspecified atom stereocenters. The molecule has 6 heteroatoms. The zero-order valence-electron chi connectivity index (χ0n) is 10.5. The van der Waals surface area contributed by atoms with E-state index < -0.39 is 35.7 Å². The van der Waals surface area contributed by atoms with Gasteiger partial charge in [-0.1, -0.05) is 0 Å². The number of hydrogen-bond donors (Lipinski definition) is 2. The molecule has 1 amide bonds. The highest BCUT2D eigenvalue weighted by atomic mass is 16.6. The summed E-state index contributed by atoms with van der Waals surface area (Å²) in [5, 5.41) is 11.6. The summed E-state index contributed by atoms with van der Waals surface area (Å²) < 4.78 is 9.98. The van der Waals surface area contributed by atoms with Crippen LogP contribution in [-0.4, -0.2) is 41.5 Å². The van der Waals surface area contributed by atoms with Gasteiger partial charge in [-0.15, -0.1) is 0 Å². The molecule has 1 rings (SSSR count). The number of alkyl carbamates (subject to hydrolysis) is 1. The third-order valence-electron chi connectivity index (χ3n) is 2.47. The lowest BCUT2D eigenvalue weighted by Crippen LogP contribution is -2.46. The number of carbonyl (C=O) groups is 2. The number of aliphatic hydroxyl groups excluding tert-OH is 1. The molecule has 1 saturated heterocycles. The number of nitrogens with one attached hydrogen (secondary N) is 1. The quantitative estimate of drug-likeness (QED) is 0.689. The lowest BCUT2D eigenvalue weighted by Gasteiger charge is -2.22. The van der Waals surface area contributed by atoms with Gasteiger partial charge in [0.15, 0.2) is 0 Å². The molecule has 2 N–H and O–H groups in total. The van der Waals surface area contributed by atoms with Crippen molar-refractivity contribution in [2.45, 2.75) is 45.4 Å². The van der Waals surface area contributed by atoms with E-state index in [1.807, 2.05) is 0 Å². The average molecular weight is 245 g/mol. The molecule has 0 bridgehead atoms. The number of carbonyl (C=O) groups excluding carboxylic acids is 2. The predicted molar refractivity (Wildman–Crippen MR) is 59.3 cm³/mol. The Balaban J connectivity index is 2.61. The second-order valence-electron chi connectivity index (χ2n) is 5.11. The van der Waals surface area contributed by atoms with Crippen molar-refractivity contribution in [2.75, 3.05) is 6.61 Å². The minimum absolute atomic E-state index is 0.229. The number of rotatable bonds is 2. The zero-order chi connectivity index (χ0) is 13.2. The van der Waals surface area contributed by atoms with E-state index in [-0.39, 0.29) is 6.61 Å². The van der Waals surface area contributed by atoms with Crippen molar-refractivity contribution in [1.29, 1.82) is 0 Å². The topological polar surface area (TPSA) is 84.9 Å². The first-order chi connectivity index (χ1) is 7.74. The van der Waals surface area contributed by atoms with Gasteiger partial charge in [0.25, 0.3) is 0 Å². The van der Waals surface area contributed by atoms with Gasteiger partial charge >= 0.3 is 12.1 Å². The monoisotopic (exact) mass is 245 g/mol. The van der Waals surface area contributed by atoms with Crippen molar-refractivity contribution in [2.24, 2.45) is 5.92 Å². The van der Waals surface area contributed by atoms with Crippen LogP contribution in [0.5, 0.6) is 0 Å². The molecule has 0 aromatic rings. The van der Waals surface area contributed by atoms with Crippen molar-refractivity contribution >= 4 is 12.1 Å². The Morgan fingerprint density at radius 3 is 2.59 bits per heavy atom. The molecule has 1 aliphatic rings. The van der Waals surface area contributed by atoms with Gasteiger partial charge in [0.1, 0.15) is 17.7 Å². The molecule has 3 atom stereocenters. The maximum atomic E-state index is 11.5. The van der Waals surface area contributed by atoms with Crippen LogP contribution >= 0.6 is 0 Å². The Morgan fingerprint density at radius 2 is 2.12 bits per heavy atom. The minimum atomic E-state index is -0.843. The van der Waals surface area contributed by atoms with E-state index in [4.69, 9.17) is 14.6 Å². The van der Waals surface area contributed by atoms with Gasteiger partial charge in [-0.05, 0) is 27.7 Å². The second-order valence-corrected chi connectivity index (χ2v) is 5.11. The van der Waals surface area contributed by atoms with Gasteiger partial charge < -0.3 is 19.9 Å². The van der Waals surface area contributed by atoms with Crippen LogP contribution in [0.15, 0.2) is 0 Å². The van der Waals surface area contributed by atoms with Crippen LogP contribution in [0.1, 0.15) is 27.7 Å². The molecule has 17 heavy (non-hydrogen) atoms. The fourth-order valence-electron chi connectivity index (χ4n) is 1.64. The number of ether oxygens (including phenoxy) is 2. The summed E-state index contributed by atoms with van der Waals surface area (Å²) in [6, 6.07) is -0.843. The van der Waals surface area contributed by atoms with Crippen LogP contribution < -0.4 is 5.32 Å². The molecule has 0 radical (unpaired) electrons. The maximum absolute atomic E-state index is 11.5. The largest absolute Gasteiger partial charge is 0.461 e. The molecular weight excluding hydrogens is 226 g/mol. The fourth-order valence-corrected chi connectivity index (χ4v) is 1.64. The third-order valence-corrected chi connectivity index (χ3v) is 2.47. The normalized spacial score (nSPS) is 28.8. The number of aliphatic hydroxyl groups is 1. The van der Waals surface area contributed by atoms with Gasteiger partial charge in [0.2, 0.25) is 0 Å². The number of amides is 1. The molecule has 6 nitrogen and oxygen atoms in total. The van der Waals surface area contributed by atoms with Crippen LogP contribution in [0.2, 0.25) is 0 Å². The summed E-state index contributed by atoms with van der Waals surface area (Å²) in [5.74, 6) is -0.975. The standard InChI is InChI=1S/C11H19NO5/c1-6-7(5-13)8(9(14)16-6)12-10(15)17-11(2,3)4/h6-8,13H,5H2,1-4H3,(H,12,15)/t6-,7-,8+/m1/s1. The Labute approximate surface area is 100 Å².